The number of carbonyl (C=O) groups excluding carboxylic acids is 1. The van der Waals surface area contributed by atoms with E-state index in [-0.39, 0.29) is 17.6 Å². The summed E-state index contributed by atoms with van der Waals surface area (Å²) in [6.45, 7) is 5.55. The molecule has 0 bridgehead atoms. The first-order valence-corrected chi connectivity index (χ1v) is 10.3. The molecule has 1 aliphatic rings. The molecule has 0 unspecified atom stereocenters. The lowest BCUT2D eigenvalue weighted by Crippen LogP contribution is -2.43. The van der Waals surface area contributed by atoms with Gasteiger partial charge in [0.25, 0.3) is 0 Å². The van der Waals surface area contributed by atoms with Crippen LogP contribution in [0.3, 0.4) is 0 Å². The van der Waals surface area contributed by atoms with Crippen LogP contribution in [0.2, 0.25) is 5.02 Å². The molecule has 0 radical (unpaired) electrons. The van der Waals surface area contributed by atoms with Crippen LogP contribution < -0.4 is 5.32 Å². The van der Waals surface area contributed by atoms with E-state index < -0.39 is 10.0 Å². The Hall–Kier alpha value is -1.11. The number of hydrogen-bond acceptors (Lipinski definition) is 3. The quantitative estimate of drug-likeness (QED) is 0.834. The Kier molecular flexibility index (Phi) is 6.66. The fraction of sp³-hybridized carbons (Fsp3) is 0.588. The molecule has 1 fully saturated rings. The summed E-state index contributed by atoms with van der Waals surface area (Å²) >= 11 is 5.82. The third kappa shape index (κ3) is 5.46. The summed E-state index contributed by atoms with van der Waals surface area (Å²) in [7, 11) is -3.37. The van der Waals surface area contributed by atoms with Gasteiger partial charge in [0.15, 0.2) is 0 Å². The van der Waals surface area contributed by atoms with Gasteiger partial charge >= 0.3 is 0 Å². The van der Waals surface area contributed by atoms with Crippen molar-refractivity contribution in [1.82, 2.24) is 9.62 Å². The second kappa shape index (κ2) is 8.32. The van der Waals surface area contributed by atoms with Crippen molar-refractivity contribution >= 4 is 27.5 Å². The molecule has 1 heterocycles. The smallest absolute Gasteiger partial charge is 0.223 e. The van der Waals surface area contributed by atoms with Crippen molar-refractivity contribution in [1.29, 1.82) is 0 Å². The standard InChI is InChI=1S/C17H25ClN2O3S/c1-13(2)11-19-17(21)15-7-9-20(10-8-15)24(22,23)12-14-3-5-16(18)6-4-14/h3-6,13,15H,7-12H2,1-2H3,(H,19,21). The number of halogens is 1. The van der Waals surface area contributed by atoms with Crippen LogP contribution in [0.4, 0.5) is 0 Å². The van der Waals surface area contributed by atoms with Gasteiger partial charge in [-0.25, -0.2) is 12.7 Å². The highest BCUT2D eigenvalue weighted by Crippen LogP contribution is 2.22. The van der Waals surface area contributed by atoms with Gasteiger partial charge in [-0.2, -0.15) is 0 Å². The second-order valence-electron chi connectivity index (χ2n) is 6.70. The minimum Gasteiger partial charge on any atom is -0.356 e. The van der Waals surface area contributed by atoms with E-state index >= 15 is 0 Å². The molecule has 0 aromatic heterocycles. The first-order valence-electron chi connectivity index (χ1n) is 8.28. The molecule has 0 spiro atoms. The van der Waals surface area contributed by atoms with Gasteiger partial charge in [-0.05, 0) is 36.5 Å². The van der Waals surface area contributed by atoms with Gasteiger partial charge in [0.1, 0.15) is 0 Å². The highest BCUT2D eigenvalue weighted by Gasteiger charge is 2.31. The van der Waals surface area contributed by atoms with Crippen molar-refractivity contribution in [2.24, 2.45) is 11.8 Å². The number of carbonyl (C=O) groups is 1. The molecule has 0 atom stereocenters. The minimum atomic E-state index is -3.37. The van der Waals surface area contributed by atoms with Crippen LogP contribution in [0, 0.1) is 11.8 Å². The second-order valence-corrected chi connectivity index (χ2v) is 9.10. The number of hydrogen-bond donors (Lipinski definition) is 1. The number of rotatable bonds is 6. The predicted molar refractivity (Wildman–Crippen MR) is 96.2 cm³/mol. The summed E-state index contributed by atoms with van der Waals surface area (Å²) in [6.07, 6.45) is 1.15. The van der Waals surface area contributed by atoms with Gasteiger partial charge in [0.05, 0.1) is 5.75 Å². The molecule has 1 aliphatic heterocycles. The maximum absolute atomic E-state index is 12.5. The van der Waals surface area contributed by atoms with E-state index in [4.69, 9.17) is 11.6 Å². The van der Waals surface area contributed by atoms with E-state index in [0.29, 0.717) is 43.4 Å². The lowest BCUT2D eigenvalue weighted by Gasteiger charge is -2.30. The Balaban J connectivity index is 1.88. The van der Waals surface area contributed by atoms with E-state index in [9.17, 15) is 13.2 Å². The van der Waals surface area contributed by atoms with E-state index in [1.165, 1.54) is 4.31 Å². The maximum atomic E-state index is 12.5. The van der Waals surface area contributed by atoms with Crippen LogP contribution >= 0.6 is 11.6 Å². The maximum Gasteiger partial charge on any atom is 0.223 e. The predicted octanol–water partition coefficient (Wildman–Crippen LogP) is 2.65. The number of benzene rings is 1. The first-order chi connectivity index (χ1) is 11.3. The van der Waals surface area contributed by atoms with Crippen molar-refractivity contribution < 1.29 is 13.2 Å². The Morgan fingerprint density at radius 2 is 1.83 bits per heavy atom. The van der Waals surface area contributed by atoms with Crippen molar-refractivity contribution in [3.8, 4) is 0 Å². The van der Waals surface area contributed by atoms with Crippen LogP contribution in [0.5, 0.6) is 0 Å². The van der Waals surface area contributed by atoms with Gasteiger partial charge in [-0.3, -0.25) is 4.79 Å². The van der Waals surface area contributed by atoms with E-state index in [1.807, 2.05) is 13.8 Å². The molecular formula is C17H25ClN2O3S. The average Bonchev–Trinajstić information content (AvgIpc) is 2.54. The van der Waals surface area contributed by atoms with Crippen LogP contribution in [0.25, 0.3) is 0 Å². The largest absolute Gasteiger partial charge is 0.356 e. The zero-order valence-electron chi connectivity index (χ0n) is 14.2. The lowest BCUT2D eigenvalue weighted by molar-refractivity contribution is -0.126. The SMILES string of the molecule is CC(C)CNC(=O)C1CCN(S(=O)(=O)Cc2ccc(Cl)cc2)CC1. The summed E-state index contributed by atoms with van der Waals surface area (Å²) in [4.78, 5) is 12.1. The molecule has 0 aliphatic carbocycles. The molecule has 1 aromatic rings. The molecule has 1 N–H and O–H groups in total. The third-order valence-corrected chi connectivity index (χ3v) is 6.27. The van der Waals surface area contributed by atoms with E-state index in [2.05, 4.69) is 5.32 Å². The van der Waals surface area contributed by atoms with Crippen LogP contribution in [0.15, 0.2) is 24.3 Å². The summed E-state index contributed by atoms with van der Waals surface area (Å²) in [5, 5.41) is 3.52. The van der Waals surface area contributed by atoms with Crippen LogP contribution in [-0.2, 0) is 20.6 Å². The Bertz CT molecular complexity index is 651. The number of piperidine rings is 1. The summed E-state index contributed by atoms with van der Waals surface area (Å²) in [6, 6.07) is 6.84. The van der Waals surface area contributed by atoms with Crippen molar-refractivity contribution in [3.05, 3.63) is 34.9 Å². The monoisotopic (exact) mass is 372 g/mol. The Morgan fingerprint density at radius 1 is 1.25 bits per heavy atom. The molecule has 2 rings (SSSR count). The van der Waals surface area contributed by atoms with Gasteiger partial charge in [0, 0.05) is 30.6 Å². The summed E-state index contributed by atoms with van der Waals surface area (Å²) in [5.41, 5.74) is 0.719. The molecule has 1 aromatic carbocycles. The molecule has 0 saturated carbocycles. The Labute approximate surface area is 149 Å². The van der Waals surface area contributed by atoms with Crippen molar-refractivity contribution in [2.45, 2.75) is 32.4 Å². The van der Waals surface area contributed by atoms with Gasteiger partial charge in [-0.1, -0.05) is 37.6 Å². The average molecular weight is 373 g/mol. The van der Waals surface area contributed by atoms with E-state index in [0.717, 1.165) is 5.56 Å². The van der Waals surface area contributed by atoms with Gasteiger partial charge < -0.3 is 5.32 Å². The molecular weight excluding hydrogens is 348 g/mol. The fourth-order valence-electron chi connectivity index (χ4n) is 2.73. The lowest BCUT2D eigenvalue weighted by atomic mass is 9.97. The molecule has 5 nitrogen and oxygen atoms in total. The number of nitrogens with zero attached hydrogens (tertiary/aromatic N) is 1. The fourth-order valence-corrected chi connectivity index (χ4v) is 4.42. The zero-order chi connectivity index (χ0) is 17.7. The molecule has 134 valence electrons. The summed E-state index contributed by atoms with van der Waals surface area (Å²) < 4.78 is 26.5. The van der Waals surface area contributed by atoms with Crippen LogP contribution in [-0.4, -0.2) is 38.3 Å². The highest BCUT2D eigenvalue weighted by atomic mass is 35.5. The molecule has 1 amide bonds. The number of amides is 1. The molecule has 1 saturated heterocycles. The molecule has 7 heteroatoms. The summed E-state index contributed by atoms with van der Waals surface area (Å²) in [5.74, 6) is 0.326. The highest BCUT2D eigenvalue weighted by molar-refractivity contribution is 7.88. The number of sulfonamides is 1. The normalized spacial score (nSPS) is 17.2. The van der Waals surface area contributed by atoms with Crippen molar-refractivity contribution in [2.75, 3.05) is 19.6 Å². The third-order valence-electron chi connectivity index (χ3n) is 4.16. The van der Waals surface area contributed by atoms with Crippen molar-refractivity contribution in [3.63, 3.8) is 0 Å². The van der Waals surface area contributed by atoms with E-state index in [1.54, 1.807) is 24.3 Å². The topological polar surface area (TPSA) is 66.5 Å². The zero-order valence-corrected chi connectivity index (χ0v) is 15.7. The minimum absolute atomic E-state index is 0.0334. The van der Waals surface area contributed by atoms with Gasteiger partial charge in [0.2, 0.25) is 15.9 Å². The van der Waals surface area contributed by atoms with Gasteiger partial charge in [-0.15, -0.1) is 0 Å². The Morgan fingerprint density at radius 3 is 2.38 bits per heavy atom. The van der Waals surface area contributed by atoms with Crippen LogP contribution in [0.1, 0.15) is 32.3 Å². The number of nitrogens with one attached hydrogen (secondary N) is 1. The first kappa shape index (κ1) is 19.2. The molecule has 24 heavy (non-hydrogen) atoms.